The van der Waals surface area contributed by atoms with Crippen LogP contribution in [0.1, 0.15) is 34.7 Å². The molecule has 0 saturated carbocycles. The zero-order valence-electron chi connectivity index (χ0n) is 14.9. The Morgan fingerprint density at radius 1 is 1.19 bits per heavy atom. The molecule has 5 nitrogen and oxygen atoms in total. The van der Waals surface area contributed by atoms with Gasteiger partial charge in [-0.05, 0) is 56.2 Å². The van der Waals surface area contributed by atoms with Gasteiger partial charge >= 0.3 is 0 Å². The van der Waals surface area contributed by atoms with Crippen LogP contribution in [-0.2, 0) is 0 Å². The van der Waals surface area contributed by atoms with Crippen LogP contribution in [0.25, 0.3) is 11.1 Å². The lowest BCUT2D eigenvalue weighted by Crippen LogP contribution is -2.42. The molecule has 0 bridgehead atoms. The third kappa shape index (κ3) is 2.58. The number of halogens is 1. The summed E-state index contributed by atoms with van der Waals surface area (Å²) in [5, 5.41) is 4.43. The largest absolute Gasteiger partial charge is 0.305 e. The summed E-state index contributed by atoms with van der Waals surface area (Å²) in [6, 6.07) is 8.69. The molecule has 0 radical (unpaired) electrons. The number of amides is 1. The number of nitrogens with zero attached hydrogens (tertiary/aromatic N) is 4. The van der Waals surface area contributed by atoms with E-state index in [1.165, 1.54) is 6.07 Å². The lowest BCUT2D eigenvalue weighted by Gasteiger charge is -2.32. The van der Waals surface area contributed by atoms with Crippen LogP contribution in [0, 0.1) is 19.7 Å². The summed E-state index contributed by atoms with van der Waals surface area (Å²) in [5.41, 5.74) is 4.19. The van der Waals surface area contributed by atoms with Crippen molar-refractivity contribution < 1.29 is 9.18 Å². The van der Waals surface area contributed by atoms with E-state index in [2.05, 4.69) is 10.1 Å². The number of carbonyl (C=O) groups excluding carboxylic acids is 1. The monoisotopic (exact) mass is 350 g/mol. The quantitative estimate of drug-likeness (QED) is 0.704. The molecule has 0 N–H and O–H groups in total. The predicted molar refractivity (Wildman–Crippen MR) is 97.7 cm³/mol. The Bertz CT molecular complexity index is 1010. The fraction of sp³-hybridized carbons (Fsp3) is 0.250. The van der Waals surface area contributed by atoms with E-state index in [0.717, 1.165) is 16.8 Å². The van der Waals surface area contributed by atoms with Gasteiger partial charge in [0.05, 0.1) is 12.2 Å². The number of hydrogen-bond donors (Lipinski definition) is 0. The first-order chi connectivity index (χ1) is 12.5. The fourth-order valence-corrected chi connectivity index (χ4v) is 3.36. The molecule has 1 aromatic carbocycles. The van der Waals surface area contributed by atoms with Gasteiger partial charge in [0, 0.05) is 29.7 Å². The maximum absolute atomic E-state index is 14.0. The Morgan fingerprint density at radius 3 is 2.73 bits per heavy atom. The van der Waals surface area contributed by atoms with E-state index in [1.807, 2.05) is 26.0 Å². The lowest BCUT2D eigenvalue weighted by molar-refractivity contribution is 0.0954. The number of aryl methyl sites for hydroxylation is 2. The summed E-state index contributed by atoms with van der Waals surface area (Å²) in [6.45, 7) is 6.07. The number of anilines is 1. The normalized spacial score (nSPS) is 16.7. The van der Waals surface area contributed by atoms with E-state index in [4.69, 9.17) is 0 Å². The zero-order valence-corrected chi connectivity index (χ0v) is 14.9. The number of aromatic nitrogens is 3. The van der Waals surface area contributed by atoms with Gasteiger partial charge in [0.15, 0.2) is 0 Å². The molecule has 0 aliphatic carbocycles. The average Bonchev–Trinajstić information content (AvgIpc) is 3.06. The smallest absolute Gasteiger partial charge is 0.277 e. The van der Waals surface area contributed by atoms with Gasteiger partial charge in [0.25, 0.3) is 5.91 Å². The van der Waals surface area contributed by atoms with Gasteiger partial charge in [0.1, 0.15) is 11.5 Å². The van der Waals surface area contributed by atoms with Crippen LogP contribution < -0.4 is 4.90 Å². The molecule has 0 saturated heterocycles. The summed E-state index contributed by atoms with van der Waals surface area (Å²) in [7, 11) is 0. The Labute approximate surface area is 151 Å². The average molecular weight is 350 g/mol. The molecule has 3 heterocycles. The standard InChI is InChI=1S/C20H19FN4O/c1-12-4-5-16(9-18(12)21)24-11-14(3)25-19(20(24)26)17(10-23-25)15-6-7-22-13(2)8-15/h4-10,14H,11H2,1-3H3/t14-/m0/s1. The Kier molecular flexibility index (Phi) is 3.83. The number of rotatable bonds is 2. The van der Waals surface area contributed by atoms with Crippen LogP contribution >= 0.6 is 0 Å². The van der Waals surface area contributed by atoms with Crippen LogP contribution in [-0.4, -0.2) is 27.2 Å². The first-order valence-electron chi connectivity index (χ1n) is 8.54. The molecule has 1 aliphatic rings. The van der Waals surface area contributed by atoms with Crippen LogP contribution in [0.5, 0.6) is 0 Å². The number of hydrogen-bond acceptors (Lipinski definition) is 3. The molecule has 1 atom stereocenters. The minimum Gasteiger partial charge on any atom is -0.305 e. The predicted octanol–water partition coefficient (Wildman–Crippen LogP) is 3.92. The van der Waals surface area contributed by atoms with Gasteiger partial charge < -0.3 is 4.90 Å². The summed E-state index contributed by atoms with van der Waals surface area (Å²) in [6.07, 6.45) is 3.44. The second kappa shape index (κ2) is 6.05. The van der Waals surface area contributed by atoms with Gasteiger partial charge in [-0.1, -0.05) is 6.07 Å². The van der Waals surface area contributed by atoms with Gasteiger partial charge in [0.2, 0.25) is 0 Å². The number of pyridine rings is 1. The van der Waals surface area contributed by atoms with Crippen molar-refractivity contribution in [2.75, 3.05) is 11.4 Å². The van der Waals surface area contributed by atoms with Crippen LogP contribution in [0.4, 0.5) is 10.1 Å². The van der Waals surface area contributed by atoms with Crippen molar-refractivity contribution in [3.05, 3.63) is 65.5 Å². The molecule has 1 amide bonds. The molecule has 26 heavy (non-hydrogen) atoms. The van der Waals surface area contributed by atoms with Crippen molar-refractivity contribution in [1.82, 2.24) is 14.8 Å². The number of benzene rings is 1. The van der Waals surface area contributed by atoms with E-state index in [-0.39, 0.29) is 17.8 Å². The van der Waals surface area contributed by atoms with Gasteiger partial charge in [-0.25, -0.2) is 4.39 Å². The first-order valence-corrected chi connectivity index (χ1v) is 8.54. The highest BCUT2D eigenvalue weighted by atomic mass is 19.1. The SMILES string of the molecule is Cc1cc(-c2cnn3c2C(=O)N(c2ccc(C)c(F)c2)C[C@@H]3C)ccn1. The van der Waals surface area contributed by atoms with Crippen molar-refractivity contribution in [2.45, 2.75) is 26.8 Å². The van der Waals surface area contributed by atoms with E-state index in [1.54, 1.807) is 41.0 Å². The summed E-state index contributed by atoms with van der Waals surface area (Å²) in [5.74, 6) is -0.486. The second-order valence-corrected chi connectivity index (χ2v) is 6.74. The molecule has 3 aromatic rings. The number of fused-ring (bicyclic) bond motifs is 1. The van der Waals surface area contributed by atoms with E-state index in [0.29, 0.717) is 23.5 Å². The topological polar surface area (TPSA) is 51.0 Å². The van der Waals surface area contributed by atoms with Crippen molar-refractivity contribution in [2.24, 2.45) is 0 Å². The molecule has 1 aliphatic heterocycles. The molecule has 132 valence electrons. The molecule has 6 heteroatoms. The van der Waals surface area contributed by atoms with Crippen molar-refractivity contribution in [3.8, 4) is 11.1 Å². The zero-order chi connectivity index (χ0) is 18.4. The Hall–Kier alpha value is -3.02. The molecular formula is C20H19FN4O. The first kappa shape index (κ1) is 16.4. The van der Waals surface area contributed by atoms with Gasteiger partial charge in [-0.3, -0.25) is 14.5 Å². The Balaban J connectivity index is 1.82. The third-order valence-electron chi connectivity index (χ3n) is 4.78. The van der Waals surface area contributed by atoms with Gasteiger partial charge in [-0.2, -0.15) is 5.10 Å². The van der Waals surface area contributed by atoms with Crippen molar-refractivity contribution >= 4 is 11.6 Å². The highest BCUT2D eigenvalue weighted by molar-refractivity contribution is 6.09. The maximum atomic E-state index is 14.0. The van der Waals surface area contributed by atoms with Crippen LogP contribution in [0.3, 0.4) is 0 Å². The Morgan fingerprint density at radius 2 is 2.00 bits per heavy atom. The second-order valence-electron chi connectivity index (χ2n) is 6.74. The van der Waals surface area contributed by atoms with Crippen LogP contribution in [0.2, 0.25) is 0 Å². The minimum absolute atomic E-state index is 0.0104. The maximum Gasteiger partial charge on any atom is 0.277 e. The van der Waals surface area contributed by atoms with E-state index < -0.39 is 0 Å². The fourth-order valence-electron chi connectivity index (χ4n) is 3.36. The third-order valence-corrected chi connectivity index (χ3v) is 4.78. The highest BCUT2D eigenvalue weighted by Gasteiger charge is 2.33. The summed E-state index contributed by atoms with van der Waals surface area (Å²) < 4.78 is 15.8. The van der Waals surface area contributed by atoms with Crippen molar-refractivity contribution in [3.63, 3.8) is 0 Å². The van der Waals surface area contributed by atoms with Crippen molar-refractivity contribution in [1.29, 1.82) is 0 Å². The molecule has 0 fully saturated rings. The lowest BCUT2D eigenvalue weighted by atomic mass is 10.0. The van der Waals surface area contributed by atoms with Gasteiger partial charge in [-0.15, -0.1) is 0 Å². The molecule has 2 aromatic heterocycles. The summed E-state index contributed by atoms with van der Waals surface area (Å²) >= 11 is 0. The summed E-state index contributed by atoms with van der Waals surface area (Å²) in [4.78, 5) is 19.1. The van der Waals surface area contributed by atoms with Crippen LogP contribution in [0.15, 0.2) is 42.7 Å². The highest BCUT2D eigenvalue weighted by Crippen LogP contribution is 2.33. The molecule has 4 rings (SSSR count). The molecule has 0 spiro atoms. The minimum atomic E-state index is -0.313. The molecular weight excluding hydrogens is 331 g/mol. The van der Waals surface area contributed by atoms with E-state index in [9.17, 15) is 9.18 Å². The number of carbonyl (C=O) groups is 1. The van der Waals surface area contributed by atoms with E-state index >= 15 is 0 Å². The molecule has 0 unspecified atom stereocenters.